The Bertz CT molecular complexity index is 711. The van der Waals surface area contributed by atoms with Crippen LogP contribution in [0.1, 0.15) is 5.82 Å². The largest absolute Gasteiger partial charge is 0.444 e. The van der Waals surface area contributed by atoms with Crippen LogP contribution in [-0.4, -0.2) is 32.4 Å². The number of anilines is 1. The Labute approximate surface area is 132 Å². The van der Waals surface area contributed by atoms with Gasteiger partial charge in [-0.05, 0) is 29.5 Å². The topological polar surface area (TPSA) is 99.5 Å². The van der Waals surface area contributed by atoms with Gasteiger partial charge in [0.2, 0.25) is 5.82 Å². The molecule has 1 aromatic heterocycles. The van der Waals surface area contributed by atoms with Gasteiger partial charge in [0.05, 0.1) is 0 Å². The first-order valence-corrected chi connectivity index (χ1v) is 6.41. The highest BCUT2D eigenvalue weighted by atomic mass is 35.5. The van der Waals surface area contributed by atoms with Gasteiger partial charge in [-0.15, -0.1) is 10.2 Å². The van der Waals surface area contributed by atoms with Crippen LogP contribution in [0.15, 0.2) is 30.5 Å². The van der Waals surface area contributed by atoms with Crippen LogP contribution in [0, 0.1) is 11.3 Å². The van der Waals surface area contributed by atoms with Crippen molar-refractivity contribution in [3.63, 3.8) is 0 Å². The molecule has 0 amide bonds. The van der Waals surface area contributed by atoms with Crippen LogP contribution in [0.2, 0.25) is 0 Å². The van der Waals surface area contributed by atoms with Gasteiger partial charge in [0.15, 0.2) is 0 Å². The Balaban J connectivity index is 2.05. The van der Waals surface area contributed by atoms with Gasteiger partial charge in [-0.25, -0.2) is 4.39 Å². The molecule has 120 valence electrons. The third-order valence-corrected chi connectivity index (χ3v) is 2.71. The standard InChI is InChI=1S/C12H8ClF3N6O/c13-11(14)12(15,16)23-9-3-1-8(2-4-9)18-6-7(5-17)10-19-21-22-20-10/h1-4,6,11,18H,(H,19,20,21,22). The molecular weight excluding hydrogens is 337 g/mol. The maximum atomic E-state index is 13.0. The summed E-state index contributed by atoms with van der Waals surface area (Å²) in [6, 6.07) is 7.00. The third kappa shape index (κ3) is 4.33. The molecule has 0 saturated heterocycles. The Morgan fingerprint density at radius 2 is 2.13 bits per heavy atom. The summed E-state index contributed by atoms with van der Waals surface area (Å²) in [6.45, 7) is 0. The van der Waals surface area contributed by atoms with E-state index in [1.54, 1.807) is 0 Å². The summed E-state index contributed by atoms with van der Waals surface area (Å²) in [5.41, 5.74) is -2.40. The number of benzene rings is 1. The van der Waals surface area contributed by atoms with Crippen molar-refractivity contribution in [2.45, 2.75) is 11.7 Å². The number of halogens is 4. The number of aromatic nitrogens is 4. The van der Waals surface area contributed by atoms with E-state index >= 15 is 0 Å². The average Bonchev–Trinajstić information content (AvgIpc) is 3.03. The highest BCUT2D eigenvalue weighted by molar-refractivity contribution is 6.20. The van der Waals surface area contributed by atoms with Gasteiger partial charge in [0, 0.05) is 11.9 Å². The van der Waals surface area contributed by atoms with Crippen LogP contribution in [0.3, 0.4) is 0 Å². The van der Waals surface area contributed by atoms with Crippen molar-refractivity contribution >= 4 is 22.9 Å². The molecule has 0 fully saturated rings. The fourth-order valence-electron chi connectivity index (χ4n) is 1.40. The van der Waals surface area contributed by atoms with E-state index in [-0.39, 0.29) is 17.1 Å². The second-order valence-corrected chi connectivity index (χ2v) is 4.42. The number of alkyl halides is 4. The number of nitriles is 1. The zero-order valence-electron chi connectivity index (χ0n) is 11.2. The lowest BCUT2D eigenvalue weighted by Gasteiger charge is -2.17. The number of tetrazole rings is 1. The van der Waals surface area contributed by atoms with Crippen LogP contribution in [0.5, 0.6) is 5.75 Å². The van der Waals surface area contributed by atoms with Gasteiger partial charge in [0.1, 0.15) is 17.4 Å². The molecule has 1 unspecified atom stereocenters. The minimum atomic E-state index is -4.14. The Morgan fingerprint density at radius 1 is 1.43 bits per heavy atom. The Morgan fingerprint density at radius 3 is 2.65 bits per heavy atom. The van der Waals surface area contributed by atoms with Crippen LogP contribution in [0.4, 0.5) is 18.9 Å². The van der Waals surface area contributed by atoms with E-state index < -0.39 is 11.7 Å². The molecule has 2 N–H and O–H groups in total. The summed E-state index contributed by atoms with van der Waals surface area (Å²) in [6.07, 6.45) is -2.82. The van der Waals surface area contributed by atoms with Crippen molar-refractivity contribution in [1.82, 2.24) is 20.6 Å². The van der Waals surface area contributed by atoms with Crippen molar-refractivity contribution in [2.24, 2.45) is 0 Å². The predicted octanol–water partition coefficient (Wildman–Crippen LogP) is 2.68. The zero-order chi connectivity index (χ0) is 16.9. The zero-order valence-corrected chi connectivity index (χ0v) is 11.9. The number of aromatic amines is 1. The quantitative estimate of drug-likeness (QED) is 0.617. The molecule has 23 heavy (non-hydrogen) atoms. The molecule has 0 aliphatic rings. The lowest BCUT2D eigenvalue weighted by Crippen LogP contribution is -2.32. The van der Waals surface area contributed by atoms with E-state index in [0.29, 0.717) is 5.69 Å². The normalized spacial score (nSPS) is 13.3. The van der Waals surface area contributed by atoms with Gasteiger partial charge >= 0.3 is 6.11 Å². The minimum Gasteiger partial charge on any atom is -0.429 e. The Hall–Kier alpha value is -2.80. The number of hydrogen-bond donors (Lipinski definition) is 2. The molecule has 0 spiro atoms. The molecule has 7 nitrogen and oxygen atoms in total. The highest BCUT2D eigenvalue weighted by Crippen LogP contribution is 2.29. The lowest BCUT2D eigenvalue weighted by atomic mass is 10.3. The number of nitrogens with one attached hydrogen (secondary N) is 2. The molecule has 0 radical (unpaired) electrons. The summed E-state index contributed by atoms with van der Waals surface area (Å²) in [5, 5.41) is 24.5. The lowest BCUT2D eigenvalue weighted by molar-refractivity contribution is -0.199. The number of hydrogen-bond acceptors (Lipinski definition) is 6. The maximum Gasteiger partial charge on any atom is 0.444 e. The number of allylic oxidation sites excluding steroid dienone is 1. The fourth-order valence-corrected chi connectivity index (χ4v) is 1.44. The summed E-state index contributed by atoms with van der Waals surface area (Å²) < 4.78 is 42.6. The van der Waals surface area contributed by atoms with Gasteiger partial charge in [-0.2, -0.15) is 19.3 Å². The number of H-pyrrole nitrogens is 1. The van der Waals surface area contributed by atoms with Crippen molar-refractivity contribution in [1.29, 1.82) is 5.26 Å². The summed E-state index contributed by atoms with van der Waals surface area (Å²) in [5.74, 6) is -0.179. The van der Waals surface area contributed by atoms with E-state index in [4.69, 9.17) is 5.26 Å². The third-order valence-electron chi connectivity index (χ3n) is 2.45. The number of nitrogens with zero attached hydrogens (tertiary/aromatic N) is 4. The van der Waals surface area contributed by atoms with E-state index in [2.05, 4.69) is 42.3 Å². The predicted molar refractivity (Wildman–Crippen MR) is 74.2 cm³/mol. The summed E-state index contributed by atoms with van der Waals surface area (Å²) in [7, 11) is 0. The first-order valence-electron chi connectivity index (χ1n) is 5.98. The molecule has 0 aliphatic carbocycles. The molecule has 1 atom stereocenters. The average molecular weight is 345 g/mol. The van der Waals surface area contributed by atoms with Crippen molar-refractivity contribution < 1.29 is 17.9 Å². The molecular formula is C12H8ClF3N6O. The summed E-state index contributed by atoms with van der Waals surface area (Å²) in [4.78, 5) is 0. The second kappa shape index (κ2) is 6.97. The van der Waals surface area contributed by atoms with Crippen LogP contribution >= 0.6 is 11.6 Å². The minimum absolute atomic E-state index is 0.0932. The van der Waals surface area contributed by atoms with Gasteiger partial charge in [-0.3, -0.25) is 0 Å². The molecule has 0 bridgehead atoms. The Kier molecular flexibility index (Phi) is 5.02. The molecule has 11 heteroatoms. The van der Waals surface area contributed by atoms with Gasteiger partial charge < -0.3 is 10.1 Å². The molecule has 0 aliphatic heterocycles. The molecule has 2 rings (SSSR count). The van der Waals surface area contributed by atoms with E-state index in [9.17, 15) is 13.2 Å². The monoisotopic (exact) mass is 344 g/mol. The van der Waals surface area contributed by atoms with Crippen molar-refractivity contribution in [3.8, 4) is 11.8 Å². The van der Waals surface area contributed by atoms with Crippen LogP contribution < -0.4 is 10.1 Å². The van der Waals surface area contributed by atoms with Crippen molar-refractivity contribution in [3.05, 3.63) is 36.3 Å². The van der Waals surface area contributed by atoms with E-state index in [0.717, 1.165) is 0 Å². The molecule has 1 aromatic carbocycles. The van der Waals surface area contributed by atoms with Crippen LogP contribution in [0.25, 0.3) is 5.57 Å². The molecule has 2 aromatic rings. The maximum absolute atomic E-state index is 13.0. The molecule has 0 saturated carbocycles. The smallest absolute Gasteiger partial charge is 0.429 e. The summed E-state index contributed by atoms with van der Waals surface area (Å²) >= 11 is 4.69. The first kappa shape index (κ1) is 16.6. The van der Waals surface area contributed by atoms with Crippen molar-refractivity contribution in [2.75, 3.05) is 5.32 Å². The fraction of sp³-hybridized carbons (Fsp3) is 0.167. The van der Waals surface area contributed by atoms with Gasteiger partial charge in [0.25, 0.3) is 5.63 Å². The second-order valence-electron chi connectivity index (χ2n) is 4.04. The number of ether oxygens (including phenoxy) is 1. The van der Waals surface area contributed by atoms with Crippen LogP contribution in [-0.2, 0) is 0 Å². The van der Waals surface area contributed by atoms with Gasteiger partial charge in [-0.1, -0.05) is 11.6 Å². The van der Waals surface area contributed by atoms with E-state index in [1.807, 2.05) is 6.07 Å². The number of rotatable bonds is 6. The van der Waals surface area contributed by atoms with E-state index in [1.165, 1.54) is 30.5 Å². The molecule has 1 heterocycles. The SMILES string of the molecule is N#CC(=CNc1ccc(OC(F)(F)C(F)Cl)cc1)c1nn[nH]n1. The highest BCUT2D eigenvalue weighted by Gasteiger charge is 2.42. The first-order chi connectivity index (χ1) is 10.9.